The molecule has 156 valence electrons. The number of hydrogen-bond acceptors (Lipinski definition) is 4. The van der Waals surface area contributed by atoms with Gasteiger partial charge in [0.2, 0.25) is 0 Å². The molecule has 0 radical (unpaired) electrons. The zero-order chi connectivity index (χ0) is 20.3. The first-order valence-electron chi connectivity index (χ1n) is 10.9. The summed E-state index contributed by atoms with van der Waals surface area (Å²) in [4.78, 5) is 25.9. The highest BCUT2D eigenvalue weighted by atomic mass is 16.5. The van der Waals surface area contributed by atoms with Crippen LogP contribution in [0.25, 0.3) is 0 Å². The van der Waals surface area contributed by atoms with Crippen molar-refractivity contribution in [3.8, 4) is 0 Å². The van der Waals surface area contributed by atoms with Crippen LogP contribution in [0.4, 0.5) is 0 Å². The minimum Gasteiger partial charge on any atom is -0.462 e. The van der Waals surface area contributed by atoms with Gasteiger partial charge in [0.1, 0.15) is 0 Å². The van der Waals surface area contributed by atoms with Crippen molar-refractivity contribution < 1.29 is 19.1 Å². The van der Waals surface area contributed by atoms with E-state index in [-0.39, 0.29) is 23.3 Å². The molecule has 0 saturated heterocycles. The molecular weight excluding hydrogens is 340 g/mol. The summed E-state index contributed by atoms with van der Waals surface area (Å²) in [6.45, 7) is 11.2. The third-order valence-electron chi connectivity index (χ3n) is 4.97. The van der Waals surface area contributed by atoms with Crippen LogP contribution in [0.15, 0.2) is 11.1 Å². The van der Waals surface area contributed by atoms with E-state index in [4.69, 9.17) is 9.47 Å². The first-order chi connectivity index (χ1) is 12.8. The maximum atomic E-state index is 13.0. The average molecular weight is 381 g/mol. The standard InChI is InChI=1S/C23H40O4/c1-6-8-15-26-21(24)19(17-23(3,4)5)20(18-13-11-10-12-14-18)22(25)27-16-9-7-2/h18H,6-17H2,1-5H3/b20-19-. The Bertz CT molecular complexity index is 493. The van der Waals surface area contributed by atoms with Crippen molar-refractivity contribution in [1.82, 2.24) is 0 Å². The average Bonchev–Trinajstić information content (AvgIpc) is 2.61. The van der Waals surface area contributed by atoms with E-state index in [2.05, 4.69) is 34.6 Å². The Hall–Kier alpha value is -1.32. The van der Waals surface area contributed by atoms with Crippen LogP contribution in [0.1, 0.15) is 98.8 Å². The van der Waals surface area contributed by atoms with E-state index in [1.165, 1.54) is 6.42 Å². The summed E-state index contributed by atoms with van der Waals surface area (Å²) in [5.41, 5.74) is 1.04. The predicted molar refractivity (Wildman–Crippen MR) is 109 cm³/mol. The largest absolute Gasteiger partial charge is 0.462 e. The Kier molecular flexibility index (Phi) is 10.7. The van der Waals surface area contributed by atoms with Crippen LogP contribution >= 0.6 is 0 Å². The quantitative estimate of drug-likeness (QED) is 0.265. The molecule has 0 N–H and O–H groups in total. The van der Waals surface area contributed by atoms with Gasteiger partial charge in [-0.15, -0.1) is 0 Å². The van der Waals surface area contributed by atoms with Gasteiger partial charge < -0.3 is 9.47 Å². The lowest BCUT2D eigenvalue weighted by atomic mass is 9.78. The van der Waals surface area contributed by atoms with E-state index < -0.39 is 0 Å². The maximum absolute atomic E-state index is 13.0. The molecule has 0 aromatic rings. The molecule has 1 fully saturated rings. The minimum atomic E-state index is -0.327. The van der Waals surface area contributed by atoms with E-state index in [1.807, 2.05) is 0 Å². The number of hydrogen-bond donors (Lipinski definition) is 0. The van der Waals surface area contributed by atoms with Gasteiger partial charge in [-0.25, -0.2) is 9.59 Å². The van der Waals surface area contributed by atoms with E-state index in [9.17, 15) is 9.59 Å². The first kappa shape index (κ1) is 23.7. The molecule has 0 aliphatic heterocycles. The summed E-state index contributed by atoms with van der Waals surface area (Å²) >= 11 is 0. The molecule has 0 bridgehead atoms. The minimum absolute atomic E-state index is 0.108. The van der Waals surface area contributed by atoms with Crippen molar-refractivity contribution in [3.63, 3.8) is 0 Å². The van der Waals surface area contributed by atoms with Gasteiger partial charge in [0, 0.05) is 5.57 Å². The monoisotopic (exact) mass is 380 g/mol. The van der Waals surface area contributed by atoms with Crippen LogP contribution in [-0.4, -0.2) is 25.2 Å². The first-order valence-corrected chi connectivity index (χ1v) is 10.9. The Balaban J connectivity index is 3.20. The van der Waals surface area contributed by atoms with Crippen molar-refractivity contribution in [3.05, 3.63) is 11.1 Å². The molecule has 1 saturated carbocycles. The van der Waals surface area contributed by atoms with Gasteiger partial charge in [0.15, 0.2) is 0 Å². The second-order valence-corrected chi connectivity index (χ2v) is 8.94. The summed E-state index contributed by atoms with van der Waals surface area (Å²) in [5.74, 6) is -0.516. The second-order valence-electron chi connectivity index (χ2n) is 8.94. The van der Waals surface area contributed by atoms with Gasteiger partial charge >= 0.3 is 11.9 Å². The predicted octanol–water partition coefficient (Wildman–Crippen LogP) is 5.99. The smallest absolute Gasteiger partial charge is 0.334 e. The van der Waals surface area contributed by atoms with Crippen molar-refractivity contribution in [1.29, 1.82) is 0 Å². The summed E-state index contributed by atoms with van der Waals surface area (Å²) in [6, 6.07) is 0. The fourth-order valence-corrected chi connectivity index (χ4v) is 3.52. The Labute approximate surface area is 166 Å². The molecule has 0 aromatic carbocycles. The van der Waals surface area contributed by atoms with Crippen molar-refractivity contribution >= 4 is 11.9 Å². The van der Waals surface area contributed by atoms with E-state index in [0.717, 1.165) is 51.4 Å². The number of unbranched alkanes of at least 4 members (excludes halogenated alkanes) is 2. The van der Waals surface area contributed by atoms with Crippen LogP contribution in [0.5, 0.6) is 0 Å². The highest BCUT2D eigenvalue weighted by Gasteiger charge is 2.33. The SMILES string of the molecule is CCCCOC(=O)/C(CC(C)(C)C)=C(\C(=O)OCCCC)C1CCCCC1. The van der Waals surface area contributed by atoms with Crippen molar-refractivity contribution in [2.75, 3.05) is 13.2 Å². The molecule has 1 rings (SSSR count). The summed E-state index contributed by atoms with van der Waals surface area (Å²) < 4.78 is 11.1. The zero-order valence-corrected chi connectivity index (χ0v) is 18.2. The van der Waals surface area contributed by atoms with Crippen LogP contribution in [0.2, 0.25) is 0 Å². The van der Waals surface area contributed by atoms with Crippen LogP contribution in [0, 0.1) is 11.3 Å². The molecule has 0 heterocycles. The molecule has 4 nitrogen and oxygen atoms in total. The van der Waals surface area contributed by atoms with Crippen LogP contribution in [0.3, 0.4) is 0 Å². The normalized spacial score (nSPS) is 16.6. The molecule has 0 spiro atoms. The third kappa shape index (κ3) is 8.94. The van der Waals surface area contributed by atoms with Gasteiger partial charge in [0.05, 0.1) is 18.8 Å². The van der Waals surface area contributed by atoms with Gasteiger partial charge in [-0.3, -0.25) is 0 Å². The van der Waals surface area contributed by atoms with Crippen LogP contribution in [-0.2, 0) is 19.1 Å². The Morgan fingerprint density at radius 3 is 1.85 bits per heavy atom. The fraction of sp³-hybridized carbons (Fsp3) is 0.826. The molecule has 1 aliphatic rings. The lowest BCUT2D eigenvalue weighted by molar-refractivity contribution is -0.143. The molecule has 4 heteroatoms. The van der Waals surface area contributed by atoms with Gasteiger partial charge in [-0.2, -0.15) is 0 Å². The highest BCUT2D eigenvalue weighted by molar-refractivity contribution is 6.00. The van der Waals surface area contributed by atoms with Gasteiger partial charge in [0.25, 0.3) is 0 Å². The zero-order valence-electron chi connectivity index (χ0n) is 18.2. The molecular formula is C23H40O4. The molecule has 0 unspecified atom stereocenters. The second kappa shape index (κ2) is 12.2. The molecule has 27 heavy (non-hydrogen) atoms. The molecule has 0 amide bonds. The molecule has 1 aliphatic carbocycles. The Morgan fingerprint density at radius 2 is 1.37 bits per heavy atom. The van der Waals surface area contributed by atoms with Gasteiger partial charge in [-0.1, -0.05) is 66.7 Å². The maximum Gasteiger partial charge on any atom is 0.334 e. The molecule has 0 atom stereocenters. The number of ether oxygens (including phenoxy) is 2. The summed E-state index contributed by atoms with van der Waals surface area (Å²) in [7, 11) is 0. The Morgan fingerprint density at radius 1 is 0.852 bits per heavy atom. The number of esters is 2. The summed E-state index contributed by atoms with van der Waals surface area (Å²) in [6.07, 6.45) is 9.48. The highest BCUT2D eigenvalue weighted by Crippen LogP contribution is 2.36. The topological polar surface area (TPSA) is 52.6 Å². The third-order valence-corrected chi connectivity index (χ3v) is 4.97. The van der Waals surface area contributed by atoms with E-state index >= 15 is 0 Å². The lowest BCUT2D eigenvalue weighted by Crippen LogP contribution is -2.26. The number of rotatable bonds is 10. The van der Waals surface area contributed by atoms with Crippen molar-refractivity contribution in [2.24, 2.45) is 11.3 Å². The van der Waals surface area contributed by atoms with E-state index in [0.29, 0.717) is 30.8 Å². The van der Waals surface area contributed by atoms with Gasteiger partial charge in [-0.05, 0) is 43.4 Å². The fourth-order valence-electron chi connectivity index (χ4n) is 3.52. The molecule has 0 aromatic heterocycles. The lowest BCUT2D eigenvalue weighted by Gasteiger charge is -2.28. The number of carbonyl (C=O) groups excluding carboxylic acids is 2. The van der Waals surface area contributed by atoms with Crippen LogP contribution < -0.4 is 0 Å². The van der Waals surface area contributed by atoms with E-state index in [1.54, 1.807) is 0 Å². The number of carbonyl (C=O) groups is 2. The van der Waals surface area contributed by atoms with Crippen molar-refractivity contribution in [2.45, 2.75) is 98.8 Å². The summed E-state index contributed by atoms with van der Waals surface area (Å²) in [5, 5.41) is 0.